The Hall–Kier alpha value is -7.01. The van der Waals surface area contributed by atoms with Crippen LogP contribution in [0.15, 0.2) is 108 Å². The van der Waals surface area contributed by atoms with Gasteiger partial charge in [-0.1, -0.05) is 88.4 Å². The van der Waals surface area contributed by atoms with Gasteiger partial charge in [0.1, 0.15) is 17.6 Å². The van der Waals surface area contributed by atoms with Crippen molar-refractivity contribution in [2.75, 3.05) is 7.11 Å². The average molecular weight is 920 g/mol. The number of ether oxygens (including phenoxy) is 4. The molecule has 2 amide bonds. The number of carbonyl (C=O) groups excluding carboxylic acids is 5. The molecule has 67 heavy (non-hydrogen) atoms. The molecule has 16 heteroatoms. The number of aliphatic hydroxyl groups excluding tert-OH is 3. The van der Waals surface area contributed by atoms with Crippen molar-refractivity contribution in [1.29, 1.82) is 0 Å². The van der Waals surface area contributed by atoms with E-state index in [1.807, 2.05) is 30.3 Å². The molecule has 0 saturated carbocycles. The molecule has 0 aromatic heterocycles. The summed E-state index contributed by atoms with van der Waals surface area (Å²) in [5.41, 5.74) is 5.09. The highest BCUT2D eigenvalue weighted by Crippen LogP contribution is 2.50. The first-order valence-electron chi connectivity index (χ1n) is 21.8. The normalized spacial score (nSPS) is 29.2. The lowest BCUT2D eigenvalue weighted by molar-refractivity contribution is -0.160. The van der Waals surface area contributed by atoms with Crippen LogP contribution < -0.4 is 20.9 Å². The number of fused-ring (bicyclic) bond motifs is 14. The third-order valence-electron chi connectivity index (χ3n) is 12.7. The van der Waals surface area contributed by atoms with Gasteiger partial charge in [0.2, 0.25) is 0 Å². The average Bonchev–Trinajstić information content (AvgIpc) is 3.58. The van der Waals surface area contributed by atoms with Crippen LogP contribution in [0.3, 0.4) is 0 Å². The minimum atomic E-state index is -2.14. The Morgan fingerprint density at radius 3 is 2.15 bits per heavy atom. The van der Waals surface area contributed by atoms with E-state index in [0.717, 1.165) is 23.6 Å². The first kappa shape index (κ1) is 49.4. The van der Waals surface area contributed by atoms with E-state index in [1.54, 1.807) is 58.0 Å². The second kappa shape index (κ2) is 20.2. The van der Waals surface area contributed by atoms with Crippen LogP contribution in [0.25, 0.3) is 16.9 Å². The molecule has 3 aromatic rings. The van der Waals surface area contributed by atoms with Gasteiger partial charge in [-0.3, -0.25) is 29.4 Å². The minimum absolute atomic E-state index is 0.0306. The molecule has 9 atom stereocenters. The van der Waals surface area contributed by atoms with Crippen molar-refractivity contribution in [1.82, 2.24) is 16.2 Å². The Morgan fingerprint density at radius 1 is 0.851 bits per heavy atom. The Bertz CT molecular complexity index is 2600. The molecule has 354 valence electrons. The van der Waals surface area contributed by atoms with Gasteiger partial charge in [-0.25, -0.2) is 0 Å². The van der Waals surface area contributed by atoms with Crippen LogP contribution in [0.5, 0.6) is 11.5 Å². The Morgan fingerprint density at radius 2 is 1.51 bits per heavy atom. The van der Waals surface area contributed by atoms with Gasteiger partial charge in [0.15, 0.2) is 11.5 Å². The van der Waals surface area contributed by atoms with Crippen LogP contribution in [0, 0.1) is 30.6 Å². The molecule has 5 bridgehead atoms. The predicted molar refractivity (Wildman–Crippen MR) is 247 cm³/mol. The monoisotopic (exact) mass is 919 g/mol. The number of carbonyl (C=O) groups is 5. The quantitative estimate of drug-likeness (QED) is 0.0819. The molecular weight excluding hydrogens is 863 g/mol. The lowest BCUT2D eigenvalue weighted by atomic mass is 9.78. The van der Waals surface area contributed by atoms with Crippen LogP contribution in [-0.2, 0) is 23.8 Å². The lowest BCUT2D eigenvalue weighted by Gasteiger charge is -2.38. The number of benzene rings is 3. The van der Waals surface area contributed by atoms with Crippen LogP contribution in [0.2, 0.25) is 0 Å². The number of aliphatic hydroxyl groups is 3. The van der Waals surface area contributed by atoms with Crippen LogP contribution >= 0.6 is 0 Å². The largest absolute Gasteiger partial charge is 0.507 e. The van der Waals surface area contributed by atoms with Crippen LogP contribution in [0.4, 0.5) is 0 Å². The van der Waals surface area contributed by atoms with E-state index >= 15 is 0 Å². The summed E-state index contributed by atoms with van der Waals surface area (Å²) >= 11 is 0. The minimum Gasteiger partial charge on any atom is -0.507 e. The number of Topliss-reactive ketones (excluding diaryl/α,β-unsaturated/α-hetero) is 2. The molecule has 16 nitrogen and oxygen atoms in total. The Labute approximate surface area is 388 Å². The molecule has 3 aliphatic heterocycles. The summed E-state index contributed by atoms with van der Waals surface area (Å²) in [5.74, 6) is -10.2. The fourth-order valence-corrected chi connectivity index (χ4v) is 8.56. The van der Waals surface area contributed by atoms with Crippen LogP contribution in [0.1, 0.15) is 90.7 Å². The van der Waals surface area contributed by atoms with Gasteiger partial charge >= 0.3 is 11.8 Å². The number of rotatable bonds is 6. The second-order valence-electron chi connectivity index (χ2n) is 17.3. The molecule has 7 N–H and O–H groups in total. The molecule has 9 unspecified atom stereocenters. The number of esters is 1. The SMILES string of the molecule is COC1/C=C/OC2(C)Oc3c(C)c(O)c4c(c3C2=O)C(=O)/C(=C/NNC(=O)c2ccc(-c3ccccc3)cc2)C(=C4O)NC(=O)/C(C)=C/C=C/C(C)C(O)C(C)C(O)C(C)C(OC(C)=O)C1C. The smallest absolute Gasteiger partial charge is 0.312 e. The number of aromatic hydroxyl groups is 1. The number of amides is 2. The number of nitrogens with one attached hydrogen (secondary N) is 3. The highest BCUT2D eigenvalue weighted by atomic mass is 16.7. The zero-order valence-electron chi connectivity index (χ0n) is 38.7. The van der Waals surface area contributed by atoms with Gasteiger partial charge in [0.05, 0.1) is 52.5 Å². The zero-order chi connectivity index (χ0) is 49.1. The first-order valence-corrected chi connectivity index (χ1v) is 21.8. The standard InChI is InChI=1S/C51H57N3O13/c1-25-14-13-15-26(2)49(62)53-40-35(24-52-54-50(63)34-20-18-33(19-21-34)32-16-11-10-12-17-32)44(59)37-38(45(40)60)43(58)30(6)47-39(37)48(61)51(8,67-47)65-23-22-36(64-9)27(3)46(66-31(7)55)29(5)42(57)28(4)41(25)56/h10-25,27-29,36,41-42,46,52,56-58,60H,1-9H3,(H,53,62)(H,54,63)/b14-13+,23-22+,26-15+,35-24+. The maximum atomic E-state index is 14.8. The predicted octanol–water partition coefficient (Wildman–Crippen LogP) is 6.28. The van der Waals surface area contributed by atoms with E-state index < -0.39 is 117 Å². The summed E-state index contributed by atoms with van der Waals surface area (Å²) in [5, 5.41) is 49.1. The fourth-order valence-electron chi connectivity index (χ4n) is 8.56. The van der Waals surface area contributed by atoms with E-state index in [4.69, 9.17) is 18.9 Å². The number of hydrogen-bond acceptors (Lipinski definition) is 14. The van der Waals surface area contributed by atoms with E-state index in [-0.39, 0.29) is 28.0 Å². The number of methoxy groups -OCH3 is 1. The third kappa shape index (κ3) is 9.92. The lowest BCUT2D eigenvalue weighted by Crippen LogP contribution is -2.46. The maximum Gasteiger partial charge on any atom is 0.312 e. The van der Waals surface area contributed by atoms with Gasteiger partial charge in [-0.2, -0.15) is 0 Å². The molecule has 3 aromatic carbocycles. The molecule has 0 fully saturated rings. The number of hydrazine groups is 1. The van der Waals surface area contributed by atoms with Crippen molar-refractivity contribution in [2.24, 2.45) is 23.7 Å². The van der Waals surface area contributed by atoms with E-state index in [1.165, 1.54) is 53.0 Å². The summed E-state index contributed by atoms with van der Waals surface area (Å²) in [6.45, 7) is 12.2. The maximum absolute atomic E-state index is 14.8. The van der Waals surface area contributed by atoms with Crippen molar-refractivity contribution in [2.45, 2.75) is 85.6 Å². The topological polar surface area (TPSA) is 239 Å². The summed E-state index contributed by atoms with van der Waals surface area (Å²) < 4.78 is 23.5. The summed E-state index contributed by atoms with van der Waals surface area (Å²) in [4.78, 5) is 68.8. The van der Waals surface area contributed by atoms with Gasteiger partial charge in [-0.05, 0) is 43.2 Å². The number of hydrogen-bond donors (Lipinski definition) is 7. The third-order valence-corrected chi connectivity index (χ3v) is 12.7. The second-order valence-corrected chi connectivity index (χ2v) is 17.3. The molecule has 7 rings (SSSR count). The molecular formula is C51H57N3O13. The summed E-state index contributed by atoms with van der Waals surface area (Å²) in [7, 11) is 1.41. The molecule has 0 saturated heterocycles. The first-order chi connectivity index (χ1) is 31.7. The molecule has 4 aliphatic rings. The van der Waals surface area contributed by atoms with Gasteiger partial charge in [0.25, 0.3) is 17.6 Å². The molecule has 3 heterocycles. The molecule has 1 aliphatic carbocycles. The Kier molecular flexibility index (Phi) is 14.9. The highest BCUT2D eigenvalue weighted by Gasteiger charge is 2.52. The number of phenols is 1. The zero-order valence-corrected chi connectivity index (χ0v) is 38.7. The number of ketones is 2. The van der Waals surface area contributed by atoms with Gasteiger partial charge in [0, 0.05) is 67.5 Å². The van der Waals surface area contributed by atoms with Crippen molar-refractivity contribution >= 4 is 35.1 Å². The molecule has 0 spiro atoms. The van der Waals surface area contributed by atoms with Crippen molar-refractivity contribution in [3.63, 3.8) is 0 Å². The summed E-state index contributed by atoms with van der Waals surface area (Å²) in [6.07, 6.45) is 4.18. The highest BCUT2D eigenvalue weighted by molar-refractivity contribution is 6.25. The van der Waals surface area contributed by atoms with Crippen molar-refractivity contribution in [3.05, 3.63) is 136 Å². The van der Waals surface area contributed by atoms with Crippen LogP contribution in [-0.4, -0.2) is 87.1 Å². The van der Waals surface area contributed by atoms with Crippen molar-refractivity contribution < 1.29 is 63.3 Å². The number of phenolic OH excluding ortho intramolecular Hbond substituents is 1. The summed E-state index contributed by atoms with van der Waals surface area (Å²) in [6, 6.07) is 16.3. The Balaban J connectivity index is 1.43. The number of allylic oxidation sites excluding steroid dienone is 3. The van der Waals surface area contributed by atoms with E-state index in [9.17, 15) is 44.4 Å². The van der Waals surface area contributed by atoms with Crippen molar-refractivity contribution in [3.8, 4) is 22.6 Å². The molecule has 0 radical (unpaired) electrons. The van der Waals surface area contributed by atoms with E-state index in [0.29, 0.717) is 0 Å². The van der Waals surface area contributed by atoms with E-state index in [2.05, 4.69) is 16.2 Å². The van der Waals surface area contributed by atoms with Gasteiger partial charge in [-0.15, -0.1) is 0 Å². The van der Waals surface area contributed by atoms with Gasteiger partial charge < -0.3 is 50.1 Å². The fraction of sp³-hybridized carbons (Fsp3) is 0.353.